The summed E-state index contributed by atoms with van der Waals surface area (Å²) in [5, 5.41) is 0. The fourth-order valence-corrected chi connectivity index (χ4v) is 3.48. The summed E-state index contributed by atoms with van der Waals surface area (Å²) in [6.07, 6.45) is 3.52. The van der Waals surface area contributed by atoms with Crippen molar-refractivity contribution in [3.8, 4) is 0 Å². The third kappa shape index (κ3) is 3.09. The van der Waals surface area contributed by atoms with Gasteiger partial charge in [-0.05, 0) is 58.8 Å². The van der Waals surface area contributed by atoms with E-state index in [-0.39, 0.29) is 6.04 Å². The molecule has 1 aliphatic carbocycles. The highest BCUT2D eigenvalue weighted by Crippen LogP contribution is 2.41. The first-order chi connectivity index (χ1) is 9.21. The van der Waals surface area contributed by atoms with Gasteiger partial charge in [0.15, 0.2) is 0 Å². The predicted octanol–water partition coefficient (Wildman–Crippen LogP) is 5.30. The number of benzene rings is 1. The molecule has 1 aromatic carbocycles. The summed E-state index contributed by atoms with van der Waals surface area (Å²) < 4.78 is 0. The van der Waals surface area contributed by atoms with E-state index in [0.717, 1.165) is 6.42 Å². The quantitative estimate of drug-likeness (QED) is 0.727. The second-order valence-electron chi connectivity index (χ2n) is 7.96. The Morgan fingerprint density at radius 2 is 1.75 bits per heavy atom. The van der Waals surface area contributed by atoms with Crippen molar-refractivity contribution in [2.24, 2.45) is 11.1 Å². The van der Waals surface area contributed by atoms with E-state index >= 15 is 0 Å². The minimum atomic E-state index is 0.193. The van der Waals surface area contributed by atoms with Crippen LogP contribution in [-0.4, -0.2) is 0 Å². The van der Waals surface area contributed by atoms with Crippen molar-refractivity contribution in [3.63, 3.8) is 0 Å². The van der Waals surface area contributed by atoms with Gasteiger partial charge >= 0.3 is 0 Å². The summed E-state index contributed by atoms with van der Waals surface area (Å²) in [6.45, 7) is 13.9. The van der Waals surface area contributed by atoms with Gasteiger partial charge in [-0.25, -0.2) is 0 Å². The van der Waals surface area contributed by atoms with E-state index in [9.17, 15) is 0 Å². The highest BCUT2D eigenvalue weighted by molar-refractivity contribution is 5.44. The molecule has 0 aromatic heterocycles. The number of nitrogens with two attached hydrogens (primary N) is 1. The van der Waals surface area contributed by atoms with Gasteiger partial charge in [0.25, 0.3) is 0 Å². The molecule has 0 aliphatic heterocycles. The van der Waals surface area contributed by atoms with Crippen LogP contribution in [0.2, 0.25) is 0 Å². The first-order valence-corrected chi connectivity index (χ1v) is 8.13. The molecule has 1 unspecified atom stereocenters. The zero-order valence-electron chi connectivity index (χ0n) is 14.1. The summed E-state index contributed by atoms with van der Waals surface area (Å²) in [7, 11) is 0. The van der Waals surface area contributed by atoms with E-state index in [2.05, 4.69) is 53.7 Å². The smallest absolute Gasteiger partial charge is 0.0302 e. The van der Waals surface area contributed by atoms with Crippen LogP contribution in [0.25, 0.3) is 0 Å². The minimum Gasteiger partial charge on any atom is -0.324 e. The molecule has 1 aromatic rings. The monoisotopic (exact) mass is 273 g/mol. The lowest BCUT2D eigenvalue weighted by Gasteiger charge is -2.25. The molecule has 0 spiro atoms. The zero-order valence-corrected chi connectivity index (χ0v) is 14.1. The van der Waals surface area contributed by atoms with Crippen molar-refractivity contribution < 1.29 is 0 Å². The Morgan fingerprint density at radius 3 is 2.30 bits per heavy atom. The Morgan fingerprint density at radius 1 is 1.10 bits per heavy atom. The van der Waals surface area contributed by atoms with Crippen molar-refractivity contribution in [1.29, 1.82) is 0 Å². The van der Waals surface area contributed by atoms with Gasteiger partial charge in [-0.15, -0.1) is 0 Å². The van der Waals surface area contributed by atoms with E-state index in [0.29, 0.717) is 17.3 Å². The summed E-state index contributed by atoms with van der Waals surface area (Å²) in [5.41, 5.74) is 12.9. The van der Waals surface area contributed by atoms with Gasteiger partial charge in [0.2, 0.25) is 0 Å². The van der Waals surface area contributed by atoms with E-state index < -0.39 is 0 Å². The molecule has 1 heteroatoms. The molecule has 0 radical (unpaired) electrons. The molecule has 0 heterocycles. The van der Waals surface area contributed by atoms with Crippen molar-refractivity contribution in [3.05, 3.63) is 34.4 Å². The van der Waals surface area contributed by atoms with Crippen LogP contribution in [-0.2, 0) is 6.42 Å². The maximum Gasteiger partial charge on any atom is 0.0302 e. The highest BCUT2D eigenvalue weighted by Gasteiger charge is 2.29. The number of rotatable bonds is 2. The molecule has 0 saturated heterocycles. The van der Waals surface area contributed by atoms with Crippen LogP contribution < -0.4 is 5.73 Å². The van der Waals surface area contributed by atoms with Crippen molar-refractivity contribution in [1.82, 2.24) is 0 Å². The first-order valence-electron chi connectivity index (χ1n) is 8.13. The van der Waals surface area contributed by atoms with Crippen LogP contribution >= 0.6 is 0 Å². The molecule has 1 atom stereocenters. The third-order valence-electron chi connectivity index (χ3n) is 4.85. The predicted molar refractivity (Wildman–Crippen MR) is 88.3 cm³/mol. The molecule has 2 N–H and O–H groups in total. The minimum absolute atomic E-state index is 0.193. The van der Waals surface area contributed by atoms with E-state index in [1.165, 1.54) is 29.5 Å². The van der Waals surface area contributed by atoms with Crippen LogP contribution in [0.15, 0.2) is 12.1 Å². The molecular weight excluding hydrogens is 242 g/mol. The average Bonchev–Trinajstić information content (AvgIpc) is 2.44. The van der Waals surface area contributed by atoms with Gasteiger partial charge in [-0.2, -0.15) is 0 Å². The standard InChI is InChI=1S/C19H31N/c1-12(2)14-9-16(13(3)4)15-7-8-19(5,6)11-18(20)17(15)10-14/h9-10,12-13,18H,7-8,11,20H2,1-6H3. The van der Waals surface area contributed by atoms with E-state index in [4.69, 9.17) is 5.73 Å². The summed E-state index contributed by atoms with van der Waals surface area (Å²) >= 11 is 0. The molecule has 0 saturated carbocycles. The third-order valence-corrected chi connectivity index (χ3v) is 4.85. The van der Waals surface area contributed by atoms with Gasteiger partial charge in [0.1, 0.15) is 0 Å². The summed E-state index contributed by atoms with van der Waals surface area (Å²) in [5.74, 6) is 1.15. The highest BCUT2D eigenvalue weighted by atomic mass is 14.6. The molecule has 0 bridgehead atoms. The molecule has 1 nitrogen and oxygen atoms in total. The summed E-state index contributed by atoms with van der Waals surface area (Å²) in [6, 6.07) is 5.01. The Kier molecular flexibility index (Phi) is 4.30. The Balaban J connectivity index is 2.58. The second-order valence-corrected chi connectivity index (χ2v) is 7.96. The SMILES string of the molecule is CC(C)c1cc(C(C)C)c2c(c1)C(N)CC(C)(C)CC2. The average molecular weight is 273 g/mol. The van der Waals surface area contributed by atoms with E-state index in [1.807, 2.05) is 0 Å². The van der Waals surface area contributed by atoms with Gasteiger partial charge in [-0.1, -0.05) is 53.7 Å². The van der Waals surface area contributed by atoms with E-state index in [1.54, 1.807) is 5.56 Å². The Labute approximate surface area is 125 Å². The molecule has 1 aliphatic rings. The van der Waals surface area contributed by atoms with Crippen LogP contribution in [0.5, 0.6) is 0 Å². The maximum absolute atomic E-state index is 6.56. The van der Waals surface area contributed by atoms with Crippen LogP contribution in [0.1, 0.15) is 94.5 Å². The van der Waals surface area contributed by atoms with Crippen molar-refractivity contribution >= 4 is 0 Å². The van der Waals surface area contributed by atoms with Gasteiger partial charge < -0.3 is 5.73 Å². The van der Waals surface area contributed by atoms with Crippen LogP contribution in [0, 0.1) is 5.41 Å². The number of fused-ring (bicyclic) bond motifs is 1. The van der Waals surface area contributed by atoms with Crippen molar-refractivity contribution in [2.45, 2.75) is 78.7 Å². The largest absolute Gasteiger partial charge is 0.324 e. The molecule has 0 fully saturated rings. The molecule has 112 valence electrons. The molecular formula is C19H31N. The normalized spacial score (nSPS) is 21.9. The lowest BCUT2D eigenvalue weighted by Crippen LogP contribution is -2.19. The van der Waals surface area contributed by atoms with Crippen molar-refractivity contribution in [2.75, 3.05) is 0 Å². The van der Waals surface area contributed by atoms with Gasteiger partial charge in [-0.3, -0.25) is 0 Å². The fraction of sp³-hybridized carbons (Fsp3) is 0.684. The fourth-order valence-electron chi connectivity index (χ4n) is 3.48. The Bertz CT molecular complexity index is 483. The summed E-state index contributed by atoms with van der Waals surface area (Å²) in [4.78, 5) is 0. The second kappa shape index (κ2) is 5.52. The first kappa shape index (κ1) is 15.6. The topological polar surface area (TPSA) is 26.0 Å². The van der Waals surface area contributed by atoms with Gasteiger partial charge in [0, 0.05) is 6.04 Å². The maximum atomic E-state index is 6.56. The Hall–Kier alpha value is -0.820. The zero-order chi connectivity index (χ0) is 15.1. The molecule has 20 heavy (non-hydrogen) atoms. The lowest BCUT2D eigenvalue weighted by molar-refractivity contribution is 0.293. The van der Waals surface area contributed by atoms with Gasteiger partial charge in [0.05, 0.1) is 0 Å². The lowest BCUT2D eigenvalue weighted by atomic mass is 9.83. The molecule has 2 rings (SSSR count). The number of hydrogen-bond acceptors (Lipinski definition) is 1. The molecule has 0 amide bonds. The van der Waals surface area contributed by atoms with Crippen LogP contribution in [0.4, 0.5) is 0 Å². The number of hydrogen-bond donors (Lipinski definition) is 1. The van der Waals surface area contributed by atoms with Crippen LogP contribution in [0.3, 0.4) is 0 Å².